The summed E-state index contributed by atoms with van der Waals surface area (Å²) in [5, 5.41) is 4.27. The summed E-state index contributed by atoms with van der Waals surface area (Å²) in [7, 11) is 1.32. The zero-order chi connectivity index (χ0) is 27.2. The van der Waals surface area contributed by atoms with Gasteiger partial charge in [-0.3, -0.25) is 9.59 Å². The molecule has 0 radical (unpaired) electrons. The number of rotatable bonds is 10. The Balaban J connectivity index is 1.72. The van der Waals surface area contributed by atoms with E-state index in [0.717, 1.165) is 40.5 Å². The van der Waals surface area contributed by atoms with Crippen molar-refractivity contribution < 1.29 is 18.7 Å². The molecule has 4 rings (SSSR count). The van der Waals surface area contributed by atoms with Gasteiger partial charge in [0.25, 0.3) is 5.91 Å². The highest BCUT2D eigenvalue weighted by Gasteiger charge is 2.29. The quantitative estimate of drug-likeness (QED) is 0.210. The second-order valence-corrected chi connectivity index (χ2v) is 9.98. The third kappa shape index (κ3) is 6.08. The molecular formula is C31H32ClFN2O3. The molecule has 0 aliphatic carbocycles. The van der Waals surface area contributed by atoms with Gasteiger partial charge < -0.3 is 15.0 Å². The molecule has 0 aliphatic heterocycles. The number of carbonyl (C=O) groups is 2. The van der Waals surface area contributed by atoms with Gasteiger partial charge in [-0.2, -0.15) is 0 Å². The minimum absolute atomic E-state index is 0.0677. The summed E-state index contributed by atoms with van der Waals surface area (Å²) in [6.45, 7) is 4.25. The summed E-state index contributed by atoms with van der Waals surface area (Å²) in [6, 6.07) is 19.0. The highest BCUT2D eigenvalue weighted by Crippen LogP contribution is 2.44. The van der Waals surface area contributed by atoms with Crippen LogP contribution in [-0.2, 0) is 9.53 Å². The molecule has 0 bridgehead atoms. The van der Waals surface area contributed by atoms with Gasteiger partial charge >= 0.3 is 5.97 Å². The average Bonchev–Trinajstić information content (AvgIpc) is 3.33. The largest absolute Gasteiger partial charge is 0.469 e. The molecule has 3 aromatic carbocycles. The van der Waals surface area contributed by atoms with Gasteiger partial charge in [0.2, 0.25) is 0 Å². The third-order valence-electron chi connectivity index (χ3n) is 6.93. The first kappa shape index (κ1) is 27.4. The number of halogens is 2. The van der Waals surface area contributed by atoms with Gasteiger partial charge in [0.15, 0.2) is 0 Å². The Morgan fingerprint density at radius 3 is 2.39 bits per heavy atom. The predicted molar refractivity (Wildman–Crippen MR) is 149 cm³/mol. The van der Waals surface area contributed by atoms with E-state index < -0.39 is 0 Å². The molecule has 0 unspecified atom stereocenters. The molecule has 0 spiro atoms. The van der Waals surface area contributed by atoms with Crippen molar-refractivity contribution in [2.75, 3.05) is 13.7 Å². The predicted octanol–water partition coefficient (Wildman–Crippen LogP) is 7.28. The highest BCUT2D eigenvalue weighted by atomic mass is 35.5. The lowest BCUT2D eigenvalue weighted by atomic mass is 9.75. The van der Waals surface area contributed by atoms with Crippen molar-refractivity contribution >= 4 is 34.4 Å². The van der Waals surface area contributed by atoms with E-state index in [1.807, 2.05) is 67.7 Å². The number of benzene rings is 3. The fourth-order valence-electron chi connectivity index (χ4n) is 5.10. The van der Waals surface area contributed by atoms with Gasteiger partial charge in [0.05, 0.1) is 19.0 Å². The summed E-state index contributed by atoms with van der Waals surface area (Å²) in [4.78, 5) is 27.1. The van der Waals surface area contributed by atoms with Gasteiger partial charge in [-0.05, 0) is 77.9 Å². The number of aromatic amines is 1. The number of hydrogen-bond acceptors (Lipinski definition) is 3. The fourth-order valence-corrected chi connectivity index (χ4v) is 5.23. The molecule has 7 heteroatoms. The Morgan fingerprint density at radius 1 is 1.05 bits per heavy atom. The molecule has 2 atom stereocenters. The third-order valence-corrected chi connectivity index (χ3v) is 7.18. The van der Waals surface area contributed by atoms with E-state index >= 15 is 0 Å². The summed E-state index contributed by atoms with van der Waals surface area (Å²) >= 11 is 6.23. The number of aryl methyl sites for hydroxylation is 1. The molecule has 0 saturated heterocycles. The number of hydrogen-bond donors (Lipinski definition) is 2. The zero-order valence-corrected chi connectivity index (χ0v) is 22.6. The maximum absolute atomic E-state index is 14.8. The van der Waals surface area contributed by atoms with E-state index in [1.165, 1.54) is 7.11 Å². The van der Waals surface area contributed by atoms with Gasteiger partial charge in [0.1, 0.15) is 5.82 Å². The lowest BCUT2D eigenvalue weighted by Gasteiger charge is -2.28. The second kappa shape index (κ2) is 12.3. The number of methoxy groups -OCH3 is 1. The smallest absolute Gasteiger partial charge is 0.307 e. The van der Waals surface area contributed by atoms with Crippen molar-refractivity contribution in [3.63, 3.8) is 0 Å². The maximum Gasteiger partial charge on any atom is 0.307 e. The number of aromatic nitrogens is 1. The normalized spacial score (nSPS) is 12.8. The molecule has 4 aromatic rings. The van der Waals surface area contributed by atoms with Gasteiger partial charge in [-0.1, -0.05) is 49.2 Å². The van der Waals surface area contributed by atoms with E-state index in [-0.39, 0.29) is 42.5 Å². The Labute approximate surface area is 227 Å². The van der Waals surface area contributed by atoms with Crippen molar-refractivity contribution in [3.05, 3.63) is 106 Å². The van der Waals surface area contributed by atoms with Gasteiger partial charge in [-0.15, -0.1) is 0 Å². The van der Waals surface area contributed by atoms with E-state index in [9.17, 15) is 14.0 Å². The molecule has 38 heavy (non-hydrogen) atoms. The van der Waals surface area contributed by atoms with Crippen molar-refractivity contribution in [2.45, 2.75) is 44.9 Å². The fraction of sp³-hybridized carbons (Fsp3) is 0.290. The van der Waals surface area contributed by atoms with Crippen LogP contribution in [0.3, 0.4) is 0 Å². The van der Waals surface area contributed by atoms with E-state index in [1.54, 1.807) is 6.07 Å². The molecule has 2 N–H and O–H groups in total. The van der Waals surface area contributed by atoms with Crippen molar-refractivity contribution in [1.82, 2.24) is 10.3 Å². The number of carbonyl (C=O) groups excluding carboxylic acids is 2. The zero-order valence-electron chi connectivity index (χ0n) is 21.8. The molecule has 198 valence electrons. The van der Waals surface area contributed by atoms with Crippen LogP contribution in [0.15, 0.2) is 66.9 Å². The summed E-state index contributed by atoms with van der Waals surface area (Å²) in [5.41, 5.74) is 5.06. The lowest BCUT2D eigenvalue weighted by molar-refractivity contribution is -0.140. The van der Waals surface area contributed by atoms with Crippen molar-refractivity contribution in [1.29, 1.82) is 0 Å². The molecule has 1 aromatic heterocycles. The first-order valence-corrected chi connectivity index (χ1v) is 13.2. The number of fused-ring (bicyclic) bond motifs is 1. The van der Waals surface area contributed by atoms with E-state index in [0.29, 0.717) is 16.1 Å². The standard InChI is InChI=1S/C31H32ClFN2O3/c1-4-5-24(20-6-8-22(9-7-20)31(37)34-15-14-28(36)38-3)29(21-10-12-23(32)13-11-21)26-18-35-30-25(26)16-19(2)17-27(30)33/h6-13,16-18,24,29,35H,4-5,14-15H2,1-3H3,(H,34,37)/t24-,29+/m1/s1. The Kier molecular flexibility index (Phi) is 8.85. The SMILES string of the molecule is CCC[C@H](c1ccc(C(=O)NCCC(=O)OC)cc1)[C@H](c1ccc(Cl)cc1)c1c[nH]c2c(F)cc(C)cc12. The lowest BCUT2D eigenvalue weighted by Crippen LogP contribution is -2.26. The van der Waals surface area contributed by atoms with Crippen LogP contribution in [0.2, 0.25) is 5.02 Å². The Bertz CT molecular complexity index is 1410. The van der Waals surface area contributed by atoms with Crippen LogP contribution >= 0.6 is 11.6 Å². The Morgan fingerprint density at radius 2 is 1.74 bits per heavy atom. The van der Waals surface area contributed by atoms with Crippen molar-refractivity contribution in [2.24, 2.45) is 0 Å². The number of amides is 1. The van der Waals surface area contributed by atoms with Crippen LogP contribution in [0, 0.1) is 12.7 Å². The number of nitrogens with one attached hydrogen (secondary N) is 2. The first-order valence-electron chi connectivity index (χ1n) is 12.8. The minimum Gasteiger partial charge on any atom is -0.469 e. The van der Waals surface area contributed by atoms with Crippen LogP contribution in [0.25, 0.3) is 10.9 Å². The van der Waals surface area contributed by atoms with Gasteiger partial charge in [0, 0.05) is 34.6 Å². The number of esters is 1. The molecule has 0 saturated carbocycles. The Hall–Kier alpha value is -3.64. The van der Waals surface area contributed by atoms with Crippen LogP contribution in [0.5, 0.6) is 0 Å². The summed E-state index contributed by atoms with van der Waals surface area (Å²) in [6.07, 6.45) is 3.86. The second-order valence-electron chi connectivity index (χ2n) is 9.54. The molecule has 1 heterocycles. The van der Waals surface area contributed by atoms with Gasteiger partial charge in [-0.25, -0.2) is 4.39 Å². The molecule has 0 fully saturated rings. The minimum atomic E-state index is -0.372. The van der Waals surface area contributed by atoms with Crippen LogP contribution in [-0.4, -0.2) is 30.5 Å². The topological polar surface area (TPSA) is 71.2 Å². The molecular weight excluding hydrogens is 503 g/mol. The monoisotopic (exact) mass is 534 g/mol. The summed E-state index contributed by atoms with van der Waals surface area (Å²) < 4.78 is 19.4. The van der Waals surface area contributed by atoms with Crippen molar-refractivity contribution in [3.8, 4) is 0 Å². The summed E-state index contributed by atoms with van der Waals surface area (Å²) in [5.74, 6) is -0.884. The average molecular weight is 535 g/mol. The molecule has 5 nitrogen and oxygen atoms in total. The molecule has 0 aliphatic rings. The van der Waals surface area contributed by atoms with Crippen LogP contribution in [0.4, 0.5) is 4.39 Å². The van der Waals surface area contributed by atoms with Crippen LogP contribution in [0.1, 0.15) is 70.6 Å². The number of ether oxygens (including phenoxy) is 1. The highest BCUT2D eigenvalue weighted by molar-refractivity contribution is 6.30. The van der Waals surface area contributed by atoms with E-state index in [4.69, 9.17) is 11.6 Å². The van der Waals surface area contributed by atoms with E-state index in [2.05, 4.69) is 22.0 Å². The maximum atomic E-state index is 14.8. The molecule has 1 amide bonds. The first-order chi connectivity index (χ1) is 18.3. The van der Waals surface area contributed by atoms with Crippen LogP contribution < -0.4 is 5.32 Å². The number of H-pyrrole nitrogens is 1.